The lowest BCUT2D eigenvalue weighted by atomic mass is 10.1. The van der Waals surface area contributed by atoms with E-state index in [2.05, 4.69) is 20.1 Å². The van der Waals surface area contributed by atoms with Gasteiger partial charge in [-0.3, -0.25) is 0 Å². The molecule has 0 atom stereocenters. The molecule has 0 aliphatic rings. The Morgan fingerprint density at radius 3 is 2.28 bits per heavy atom. The molecule has 1 heterocycles. The lowest BCUT2D eigenvalue weighted by Crippen LogP contribution is -2.73. The van der Waals surface area contributed by atoms with Gasteiger partial charge in [-0.05, 0) is 48.4 Å². The third-order valence-corrected chi connectivity index (χ3v) is 4.96. The van der Waals surface area contributed by atoms with Crippen molar-refractivity contribution in [1.82, 2.24) is 20.1 Å². The van der Waals surface area contributed by atoms with Gasteiger partial charge < -0.3 is 14.8 Å². The molecule has 0 fully saturated rings. The Hall–Kier alpha value is -4.42. The Morgan fingerprint density at radius 2 is 1.64 bits per heavy atom. The first-order valence-corrected chi connectivity index (χ1v) is 10.7. The highest BCUT2D eigenvalue weighted by molar-refractivity contribution is 5.70. The molecule has 1 amide bonds. The van der Waals surface area contributed by atoms with E-state index in [0.717, 1.165) is 16.6 Å². The third-order valence-electron chi connectivity index (χ3n) is 4.96. The molecule has 0 unspecified atom stereocenters. The van der Waals surface area contributed by atoms with Crippen LogP contribution in [0.15, 0.2) is 79.1 Å². The van der Waals surface area contributed by atoms with Gasteiger partial charge >= 0.3 is 12.5 Å². The minimum atomic E-state index is -4.75. The van der Waals surface area contributed by atoms with Crippen LogP contribution in [0.1, 0.15) is 5.56 Å². The van der Waals surface area contributed by atoms with E-state index < -0.39 is 12.5 Å². The lowest BCUT2D eigenvalue weighted by molar-refractivity contribution is -0.825. The number of quaternary nitrogens is 1. The molecule has 4 aromatic rings. The van der Waals surface area contributed by atoms with Crippen molar-refractivity contribution in [2.75, 3.05) is 6.54 Å². The summed E-state index contributed by atoms with van der Waals surface area (Å²) in [7, 11) is 0. The molecule has 186 valence electrons. The molecule has 0 spiro atoms. The van der Waals surface area contributed by atoms with Crippen LogP contribution in [-0.4, -0.2) is 39.0 Å². The number of hydrogen-bond donors (Lipinski definition) is 3. The molecule has 0 aliphatic carbocycles. The van der Waals surface area contributed by atoms with Crippen molar-refractivity contribution in [2.24, 2.45) is 0 Å². The topological polar surface area (TPSA) is 115 Å². The number of rotatable bonds is 8. The van der Waals surface area contributed by atoms with Gasteiger partial charge in [0.25, 0.3) is 0 Å². The number of benzene rings is 3. The largest absolute Gasteiger partial charge is 0.573 e. The zero-order valence-electron chi connectivity index (χ0n) is 18.6. The predicted octanol–water partition coefficient (Wildman–Crippen LogP) is 3.75. The van der Waals surface area contributed by atoms with Crippen LogP contribution in [0.5, 0.6) is 11.5 Å². The van der Waals surface area contributed by atoms with Crippen molar-refractivity contribution in [3.05, 3.63) is 84.7 Å². The van der Waals surface area contributed by atoms with Crippen LogP contribution in [-0.2, 0) is 6.42 Å². The minimum Gasteiger partial charge on any atom is -0.410 e. The van der Waals surface area contributed by atoms with Crippen LogP contribution in [0.25, 0.3) is 17.1 Å². The number of carbonyl (C=O) groups is 1. The highest BCUT2D eigenvalue weighted by Gasteiger charge is 2.31. The second-order valence-corrected chi connectivity index (χ2v) is 7.52. The van der Waals surface area contributed by atoms with Crippen LogP contribution in [0.2, 0.25) is 0 Å². The molecule has 0 saturated carbocycles. The van der Waals surface area contributed by atoms with Crippen LogP contribution in [0.3, 0.4) is 0 Å². The fraction of sp³-hybridized carbons (Fsp3) is 0.125. The van der Waals surface area contributed by atoms with Crippen molar-refractivity contribution in [3.8, 4) is 28.6 Å². The van der Waals surface area contributed by atoms with Crippen LogP contribution >= 0.6 is 0 Å². The molecule has 0 saturated heterocycles. The summed E-state index contributed by atoms with van der Waals surface area (Å²) in [6.07, 6.45) is -3.29. The van der Waals surface area contributed by atoms with Gasteiger partial charge in [0.1, 0.15) is 17.8 Å². The number of nitrogens with two attached hydrogens (primary N) is 1. The second-order valence-electron chi connectivity index (χ2n) is 7.52. The summed E-state index contributed by atoms with van der Waals surface area (Å²) in [6.45, 7) is 0.363. The van der Waals surface area contributed by atoms with E-state index in [1.54, 1.807) is 24.3 Å². The SMILES string of the molecule is O=C(NCCc1ccc(-c2ncn(-c3ccc(OC(F)(F)F)cc3)n2)cc1)Oc1ccc([NH2+]O)cc1. The number of alkyl halides is 3. The Bertz CT molecular complexity index is 1290. The Kier molecular flexibility index (Phi) is 7.47. The monoisotopic (exact) mass is 500 g/mol. The molecule has 4 N–H and O–H groups in total. The number of ether oxygens (including phenoxy) is 2. The van der Waals surface area contributed by atoms with Gasteiger partial charge in [-0.2, -0.15) is 5.48 Å². The van der Waals surface area contributed by atoms with Crippen molar-refractivity contribution in [3.63, 3.8) is 0 Å². The molecule has 9 nitrogen and oxygen atoms in total. The fourth-order valence-corrected chi connectivity index (χ4v) is 3.21. The number of nitrogens with one attached hydrogen (secondary N) is 1. The standard InChI is InChI=1S/C24H20F3N5O4/c25-24(26,27)36-21-11-7-19(8-12-21)32-15-29-22(30-32)17-3-1-16(2-4-17)13-14-28-23(33)35-20-9-5-18(31-34)6-10-20/h1-12,15,31,34H,13-14H2,(H,28,33)/p+1. The number of nitrogens with zero attached hydrogens (tertiary/aromatic N) is 3. The molecule has 0 radical (unpaired) electrons. The highest BCUT2D eigenvalue weighted by atomic mass is 19.4. The van der Waals surface area contributed by atoms with E-state index in [0.29, 0.717) is 35.9 Å². The quantitative estimate of drug-likeness (QED) is 0.251. The molecular weight excluding hydrogens is 479 g/mol. The number of carbonyl (C=O) groups excluding carboxylic acids is 1. The molecule has 0 bridgehead atoms. The van der Waals surface area contributed by atoms with E-state index in [4.69, 9.17) is 9.94 Å². The van der Waals surface area contributed by atoms with Crippen molar-refractivity contribution < 1.29 is 38.1 Å². The van der Waals surface area contributed by atoms with Gasteiger partial charge in [0, 0.05) is 24.2 Å². The average Bonchev–Trinajstić information content (AvgIpc) is 3.35. The maximum atomic E-state index is 12.3. The first kappa shape index (κ1) is 24.7. The fourth-order valence-electron chi connectivity index (χ4n) is 3.21. The van der Waals surface area contributed by atoms with Crippen LogP contribution in [0.4, 0.5) is 23.7 Å². The molecule has 0 aliphatic heterocycles. The van der Waals surface area contributed by atoms with E-state index in [1.807, 2.05) is 24.3 Å². The van der Waals surface area contributed by atoms with Crippen molar-refractivity contribution >= 4 is 11.8 Å². The number of hydrogen-bond acceptors (Lipinski definition) is 6. The summed E-state index contributed by atoms with van der Waals surface area (Å²) in [5.74, 6) is 0.490. The van der Waals surface area contributed by atoms with E-state index in [-0.39, 0.29) is 5.75 Å². The van der Waals surface area contributed by atoms with Crippen LogP contribution in [0, 0.1) is 0 Å². The zero-order valence-corrected chi connectivity index (χ0v) is 18.6. The summed E-state index contributed by atoms with van der Waals surface area (Å²) < 4.78 is 47.4. The van der Waals surface area contributed by atoms with Crippen molar-refractivity contribution in [2.45, 2.75) is 12.8 Å². The van der Waals surface area contributed by atoms with E-state index in [9.17, 15) is 18.0 Å². The molecule has 3 aromatic carbocycles. The Morgan fingerprint density at radius 1 is 0.972 bits per heavy atom. The molecule has 1 aromatic heterocycles. The summed E-state index contributed by atoms with van der Waals surface area (Å²) in [6, 6.07) is 19.1. The molecule has 12 heteroatoms. The van der Waals surface area contributed by atoms with Gasteiger partial charge in [0.15, 0.2) is 11.5 Å². The highest BCUT2D eigenvalue weighted by Crippen LogP contribution is 2.24. The van der Waals surface area contributed by atoms with E-state index in [1.165, 1.54) is 35.3 Å². The van der Waals surface area contributed by atoms with Crippen molar-refractivity contribution in [1.29, 1.82) is 0 Å². The average molecular weight is 500 g/mol. The molecule has 4 rings (SSSR count). The van der Waals surface area contributed by atoms with Gasteiger partial charge in [0.05, 0.1) is 5.69 Å². The van der Waals surface area contributed by atoms with Crippen LogP contribution < -0.4 is 20.3 Å². The van der Waals surface area contributed by atoms with Gasteiger partial charge in [-0.1, -0.05) is 24.3 Å². The summed E-state index contributed by atoms with van der Waals surface area (Å²) in [5.41, 5.74) is 3.81. The summed E-state index contributed by atoms with van der Waals surface area (Å²) in [5, 5.41) is 16.0. The lowest BCUT2D eigenvalue weighted by Gasteiger charge is -2.09. The first-order chi connectivity index (χ1) is 17.3. The number of halogens is 3. The van der Waals surface area contributed by atoms with E-state index >= 15 is 0 Å². The maximum Gasteiger partial charge on any atom is 0.573 e. The van der Waals surface area contributed by atoms with Gasteiger partial charge in [-0.25, -0.2) is 19.7 Å². The molecular formula is C24H21F3N5O4+. The zero-order chi connectivity index (χ0) is 25.5. The van der Waals surface area contributed by atoms with Gasteiger partial charge in [-0.15, -0.1) is 18.3 Å². The second kappa shape index (κ2) is 10.9. The number of amides is 1. The Balaban J connectivity index is 1.28. The minimum absolute atomic E-state index is 0.319. The summed E-state index contributed by atoms with van der Waals surface area (Å²) >= 11 is 0. The normalized spacial score (nSPS) is 11.2. The molecule has 36 heavy (non-hydrogen) atoms. The smallest absolute Gasteiger partial charge is 0.410 e. The predicted molar refractivity (Wildman–Crippen MR) is 121 cm³/mol. The first-order valence-electron chi connectivity index (χ1n) is 10.7. The summed E-state index contributed by atoms with van der Waals surface area (Å²) in [4.78, 5) is 16.2. The van der Waals surface area contributed by atoms with Gasteiger partial charge in [0.2, 0.25) is 0 Å². The Labute approximate surface area is 203 Å². The number of aromatic nitrogens is 3. The maximum absolute atomic E-state index is 12.3. The third kappa shape index (κ3) is 6.81.